The van der Waals surface area contributed by atoms with Gasteiger partial charge in [0.1, 0.15) is 11.6 Å². The summed E-state index contributed by atoms with van der Waals surface area (Å²) in [6.45, 7) is 2.67. The minimum atomic E-state index is -0.763. The summed E-state index contributed by atoms with van der Waals surface area (Å²) in [6.07, 6.45) is 6.49. The molecule has 0 spiro atoms. The van der Waals surface area contributed by atoms with Crippen molar-refractivity contribution in [1.29, 1.82) is 0 Å². The molecule has 3 aromatic rings. The molecule has 7 heteroatoms. The largest absolute Gasteiger partial charge is 0.497 e. The SMILES string of the molecule is COc1ccc2nccc(C(O)CC[C@@H]3CCN(CCCCc4ccc(F)cc4)C[C@@H]3CC(=O)O)c2c1. The average molecular weight is 509 g/mol. The number of carbonyl (C=O) groups is 1. The second-order valence-electron chi connectivity index (χ2n) is 10.2. The van der Waals surface area contributed by atoms with Crippen LogP contribution >= 0.6 is 0 Å². The van der Waals surface area contributed by atoms with Gasteiger partial charge in [-0.3, -0.25) is 9.78 Å². The summed E-state index contributed by atoms with van der Waals surface area (Å²) in [7, 11) is 1.62. The van der Waals surface area contributed by atoms with Crippen LogP contribution in [0.1, 0.15) is 55.8 Å². The fourth-order valence-corrected chi connectivity index (χ4v) is 5.60. The first-order valence-corrected chi connectivity index (χ1v) is 13.2. The highest BCUT2D eigenvalue weighted by Gasteiger charge is 2.31. The van der Waals surface area contributed by atoms with Crippen molar-refractivity contribution in [2.24, 2.45) is 11.8 Å². The van der Waals surface area contributed by atoms with Gasteiger partial charge in [0.05, 0.1) is 18.7 Å². The van der Waals surface area contributed by atoms with E-state index in [1.165, 1.54) is 12.1 Å². The molecule has 0 bridgehead atoms. The molecular formula is C30H37FN2O4. The van der Waals surface area contributed by atoms with Gasteiger partial charge in [0.25, 0.3) is 0 Å². The maximum atomic E-state index is 13.1. The molecule has 2 aromatic carbocycles. The number of likely N-dealkylation sites (tertiary alicyclic amines) is 1. The van der Waals surface area contributed by atoms with Crippen LogP contribution in [-0.4, -0.2) is 52.8 Å². The molecule has 37 heavy (non-hydrogen) atoms. The van der Waals surface area contributed by atoms with Crippen LogP contribution in [0.2, 0.25) is 0 Å². The number of fused-ring (bicyclic) bond motifs is 1. The molecule has 0 aliphatic carbocycles. The lowest BCUT2D eigenvalue weighted by Crippen LogP contribution is -2.41. The van der Waals surface area contributed by atoms with Gasteiger partial charge in [-0.05, 0) is 111 Å². The Balaban J connectivity index is 1.30. The predicted molar refractivity (Wildman–Crippen MR) is 142 cm³/mol. The first kappa shape index (κ1) is 27.0. The first-order chi connectivity index (χ1) is 17.9. The topological polar surface area (TPSA) is 82.9 Å². The van der Waals surface area contributed by atoms with Gasteiger partial charge in [-0.2, -0.15) is 0 Å². The molecule has 0 amide bonds. The molecule has 1 saturated heterocycles. The number of benzene rings is 2. The second kappa shape index (κ2) is 13.0. The molecule has 0 saturated carbocycles. The number of pyridine rings is 1. The van der Waals surface area contributed by atoms with E-state index in [9.17, 15) is 19.4 Å². The van der Waals surface area contributed by atoms with E-state index >= 15 is 0 Å². The standard InChI is InChI=1S/C30H37FN2O4/c1-37-25-10-11-28-27(19-25)26(13-15-32-28)29(34)12-7-22-14-17-33(20-23(22)18-30(35)36)16-3-2-4-21-5-8-24(31)9-6-21/h5-6,8-11,13,15,19,22-23,29,34H,2-4,7,12,14,16-18,20H2,1H3,(H,35,36)/t22-,23+,29?/m1/s1. The molecule has 4 rings (SSSR count). The van der Waals surface area contributed by atoms with Crippen LogP contribution in [0.3, 0.4) is 0 Å². The monoisotopic (exact) mass is 508 g/mol. The van der Waals surface area contributed by atoms with E-state index in [4.69, 9.17) is 4.74 Å². The fraction of sp³-hybridized carbons (Fsp3) is 0.467. The third-order valence-electron chi connectivity index (χ3n) is 7.67. The highest BCUT2D eigenvalue weighted by atomic mass is 19.1. The van der Waals surface area contributed by atoms with Crippen LogP contribution in [0.4, 0.5) is 4.39 Å². The molecule has 6 nitrogen and oxygen atoms in total. The second-order valence-corrected chi connectivity index (χ2v) is 10.2. The molecule has 1 unspecified atom stereocenters. The smallest absolute Gasteiger partial charge is 0.303 e. The third-order valence-corrected chi connectivity index (χ3v) is 7.67. The molecule has 2 N–H and O–H groups in total. The number of nitrogens with zero attached hydrogens (tertiary/aromatic N) is 2. The summed E-state index contributed by atoms with van der Waals surface area (Å²) in [5, 5.41) is 21.5. The summed E-state index contributed by atoms with van der Waals surface area (Å²) >= 11 is 0. The Morgan fingerprint density at radius 2 is 1.97 bits per heavy atom. The molecule has 3 atom stereocenters. The van der Waals surface area contributed by atoms with Crippen molar-refractivity contribution in [1.82, 2.24) is 9.88 Å². The van der Waals surface area contributed by atoms with Crippen molar-refractivity contribution in [2.45, 2.75) is 51.0 Å². The van der Waals surface area contributed by atoms with Crippen molar-refractivity contribution in [3.63, 3.8) is 0 Å². The maximum absolute atomic E-state index is 13.1. The van der Waals surface area contributed by atoms with Crippen LogP contribution < -0.4 is 4.74 Å². The van der Waals surface area contributed by atoms with E-state index in [0.717, 1.165) is 79.5 Å². The number of aliphatic carboxylic acids is 1. The number of hydrogen-bond donors (Lipinski definition) is 2. The Morgan fingerprint density at radius 1 is 1.16 bits per heavy atom. The molecule has 1 aliphatic rings. The van der Waals surface area contributed by atoms with E-state index in [0.29, 0.717) is 6.42 Å². The van der Waals surface area contributed by atoms with Gasteiger partial charge >= 0.3 is 5.97 Å². The lowest BCUT2D eigenvalue weighted by atomic mass is 9.79. The zero-order chi connectivity index (χ0) is 26.2. The van der Waals surface area contributed by atoms with Crippen molar-refractivity contribution >= 4 is 16.9 Å². The minimum absolute atomic E-state index is 0.0739. The quantitative estimate of drug-likeness (QED) is 0.309. The van der Waals surface area contributed by atoms with E-state index in [-0.39, 0.29) is 24.1 Å². The van der Waals surface area contributed by atoms with Crippen molar-refractivity contribution < 1.29 is 24.1 Å². The predicted octanol–water partition coefficient (Wildman–Crippen LogP) is 5.63. The van der Waals surface area contributed by atoms with Crippen LogP contribution in [0.5, 0.6) is 5.75 Å². The molecule has 1 aromatic heterocycles. The highest BCUT2D eigenvalue weighted by Crippen LogP contribution is 2.35. The lowest BCUT2D eigenvalue weighted by molar-refractivity contribution is -0.139. The van der Waals surface area contributed by atoms with E-state index in [1.54, 1.807) is 13.3 Å². The average Bonchev–Trinajstić information content (AvgIpc) is 2.90. The number of ether oxygens (including phenoxy) is 1. The summed E-state index contributed by atoms with van der Waals surface area (Å²) in [6, 6.07) is 14.2. The summed E-state index contributed by atoms with van der Waals surface area (Å²) in [5.41, 5.74) is 2.79. The van der Waals surface area contributed by atoms with Gasteiger partial charge in [0, 0.05) is 24.5 Å². The number of carboxylic acids is 1. The molecule has 1 fully saturated rings. The van der Waals surface area contributed by atoms with Gasteiger partial charge in [-0.25, -0.2) is 4.39 Å². The number of aryl methyl sites for hydroxylation is 1. The third kappa shape index (κ3) is 7.49. The van der Waals surface area contributed by atoms with Gasteiger partial charge in [-0.1, -0.05) is 12.1 Å². The van der Waals surface area contributed by atoms with Gasteiger partial charge in [0.15, 0.2) is 0 Å². The van der Waals surface area contributed by atoms with Crippen molar-refractivity contribution in [2.75, 3.05) is 26.7 Å². The number of aliphatic hydroxyl groups excluding tert-OH is 1. The summed E-state index contributed by atoms with van der Waals surface area (Å²) in [4.78, 5) is 18.4. The summed E-state index contributed by atoms with van der Waals surface area (Å²) in [5.74, 6) is 0.0908. The fourth-order valence-electron chi connectivity index (χ4n) is 5.60. The van der Waals surface area contributed by atoms with Crippen LogP contribution in [-0.2, 0) is 11.2 Å². The summed E-state index contributed by atoms with van der Waals surface area (Å²) < 4.78 is 18.4. The van der Waals surface area contributed by atoms with Gasteiger partial charge in [0.2, 0.25) is 0 Å². The Labute approximate surface area is 218 Å². The van der Waals surface area contributed by atoms with Gasteiger partial charge in [-0.15, -0.1) is 0 Å². The normalized spacial score (nSPS) is 19.1. The van der Waals surface area contributed by atoms with E-state index < -0.39 is 12.1 Å². The maximum Gasteiger partial charge on any atom is 0.303 e. The minimum Gasteiger partial charge on any atom is -0.497 e. The molecular weight excluding hydrogens is 471 g/mol. The van der Waals surface area contributed by atoms with Crippen LogP contribution in [0.15, 0.2) is 54.7 Å². The van der Waals surface area contributed by atoms with Gasteiger partial charge < -0.3 is 19.8 Å². The zero-order valence-corrected chi connectivity index (χ0v) is 21.5. The van der Waals surface area contributed by atoms with Crippen molar-refractivity contribution in [3.8, 4) is 5.75 Å². The number of piperidine rings is 1. The van der Waals surface area contributed by atoms with E-state index in [2.05, 4.69) is 9.88 Å². The number of carboxylic acid groups (broad SMARTS) is 1. The number of rotatable bonds is 12. The molecule has 198 valence electrons. The number of unbranched alkanes of at least 4 members (excludes halogenated alkanes) is 1. The molecule has 2 heterocycles. The molecule has 1 aliphatic heterocycles. The van der Waals surface area contributed by atoms with Crippen LogP contribution in [0.25, 0.3) is 10.9 Å². The number of aromatic nitrogens is 1. The van der Waals surface area contributed by atoms with Crippen LogP contribution in [0, 0.1) is 17.7 Å². The number of aliphatic hydroxyl groups is 1. The Hall–Kier alpha value is -3.03. The number of halogens is 1. The highest BCUT2D eigenvalue weighted by molar-refractivity contribution is 5.83. The Kier molecular flexibility index (Phi) is 9.47. The first-order valence-electron chi connectivity index (χ1n) is 13.2. The Morgan fingerprint density at radius 3 is 2.73 bits per heavy atom. The zero-order valence-electron chi connectivity index (χ0n) is 21.5. The van der Waals surface area contributed by atoms with Crippen molar-refractivity contribution in [3.05, 3.63) is 71.7 Å². The number of hydrogen-bond acceptors (Lipinski definition) is 5. The number of methoxy groups -OCH3 is 1. The Bertz CT molecular complexity index is 1170. The molecule has 0 radical (unpaired) electrons. The lowest BCUT2D eigenvalue weighted by Gasteiger charge is -2.38. The van der Waals surface area contributed by atoms with E-state index in [1.807, 2.05) is 36.4 Å².